The molecule has 2 rings (SSSR count). The second-order valence-electron chi connectivity index (χ2n) is 6.07. The third-order valence-electron chi connectivity index (χ3n) is 3.79. The predicted octanol–water partition coefficient (Wildman–Crippen LogP) is 4.30. The Morgan fingerprint density at radius 1 is 1.16 bits per heavy atom. The molecule has 1 heterocycles. The van der Waals surface area contributed by atoms with Crippen molar-refractivity contribution in [1.29, 1.82) is 0 Å². The van der Waals surface area contributed by atoms with Gasteiger partial charge in [-0.25, -0.2) is 4.98 Å². The molecule has 0 fully saturated rings. The van der Waals surface area contributed by atoms with E-state index in [0.29, 0.717) is 11.3 Å². The number of aromatic nitrogens is 1. The van der Waals surface area contributed by atoms with E-state index in [1.54, 1.807) is 25.3 Å². The minimum Gasteiger partial charge on any atom is -0.363 e. The zero-order valence-corrected chi connectivity index (χ0v) is 14.3. The number of nitrogens with zero attached hydrogens (tertiary/aromatic N) is 2. The highest BCUT2D eigenvalue weighted by atomic mass is 19.4. The van der Waals surface area contributed by atoms with Crippen molar-refractivity contribution in [2.45, 2.75) is 25.4 Å². The van der Waals surface area contributed by atoms with E-state index < -0.39 is 11.7 Å². The SMILES string of the molecule is CC(CC(=O)Nc1ccc(N(C)C)nc1)c1ccc(C(F)(F)F)cc1. The van der Waals surface area contributed by atoms with Gasteiger partial charge in [0.15, 0.2) is 0 Å². The average Bonchev–Trinajstić information content (AvgIpc) is 2.54. The van der Waals surface area contributed by atoms with E-state index in [-0.39, 0.29) is 18.2 Å². The van der Waals surface area contributed by atoms with E-state index in [0.717, 1.165) is 18.0 Å². The van der Waals surface area contributed by atoms with E-state index in [9.17, 15) is 18.0 Å². The number of carbonyl (C=O) groups is 1. The van der Waals surface area contributed by atoms with E-state index in [1.165, 1.54) is 12.1 Å². The van der Waals surface area contributed by atoms with Crippen molar-refractivity contribution in [3.8, 4) is 0 Å². The minimum absolute atomic E-state index is 0.167. The van der Waals surface area contributed by atoms with Crippen molar-refractivity contribution in [3.05, 3.63) is 53.7 Å². The van der Waals surface area contributed by atoms with Crippen molar-refractivity contribution in [1.82, 2.24) is 4.98 Å². The number of amides is 1. The Balaban J connectivity index is 1.95. The van der Waals surface area contributed by atoms with E-state index in [2.05, 4.69) is 10.3 Å². The smallest absolute Gasteiger partial charge is 0.363 e. The van der Waals surface area contributed by atoms with Gasteiger partial charge in [0.25, 0.3) is 0 Å². The van der Waals surface area contributed by atoms with E-state index in [1.807, 2.05) is 19.0 Å². The van der Waals surface area contributed by atoms with Crippen LogP contribution in [0.4, 0.5) is 24.7 Å². The number of alkyl halides is 3. The first-order valence-electron chi connectivity index (χ1n) is 7.77. The highest BCUT2D eigenvalue weighted by molar-refractivity contribution is 5.91. The number of halogens is 3. The largest absolute Gasteiger partial charge is 0.416 e. The molecule has 0 saturated heterocycles. The lowest BCUT2D eigenvalue weighted by Crippen LogP contribution is -2.15. The van der Waals surface area contributed by atoms with Gasteiger partial charge in [-0.15, -0.1) is 0 Å². The highest BCUT2D eigenvalue weighted by Gasteiger charge is 2.30. The lowest BCUT2D eigenvalue weighted by molar-refractivity contribution is -0.137. The molecule has 2 aromatic rings. The molecule has 0 aliphatic carbocycles. The number of pyridine rings is 1. The number of hydrogen-bond acceptors (Lipinski definition) is 3. The highest BCUT2D eigenvalue weighted by Crippen LogP contribution is 2.30. The van der Waals surface area contributed by atoms with Crippen LogP contribution >= 0.6 is 0 Å². The average molecular weight is 351 g/mol. The van der Waals surface area contributed by atoms with Crippen LogP contribution < -0.4 is 10.2 Å². The van der Waals surface area contributed by atoms with Crippen LogP contribution in [-0.2, 0) is 11.0 Å². The first kappa shape index (κ1) is 18.8. The number of hydrogen-bond donors (Lipinski definition) is 1. The van der Waals surface area contributed by atoms with Crippen molar-refractivity contribution in [2.24, 2.45) is 0 Å². The lowest BCUT2D eigenvalue weighted by atomic mass is 9.96. The molecule has 0 aliphatic rings. The van der Waals surface area contributed by atoms with Gasteiger partial charge in [0.05, 0.1) is 17.4 Å². The molecule has 25 heavy (non-hydrogen) atoms. The molecule has 4 nitrogen and oxygen atoms in total. The molecule has 0 saturated carbocycles. The maximum atomic E-state index is 12.6. The topological polar surface area (TPSA) is 45.2 Å². The van der Waals surface area contributed by atoms with Crippen LogP contribution in [0.1, 0.15) is 30.4 Å². The van der Waals surface area contributed by atoms with Crippen molar-refractivity contribution >= 4 is 17.4 Å². The Bertz CT molecular complexity index is 710. The lowest BCUT2D eigenvalue weighted by Gasteiger charge is -2.14. The van der Waals surface area contributed by atoms with Crippen LogP contribution in [0.5, 0.6) is 0 Å². The molecule has 1 amide bonds. The first-order valence-corrected chi connectivity index (χ1v) is 7.77. The summed E-state index contributed by atoms with van der Waals surface area (Å²) in [6.45, 7) is 1.80. The maximum Gasteiger partial charge on any atom is 0.416 e. The van der Waals surface area contributed by atoms with Crippen LogP contribution in [0, 0.1) is 0 Å². The summed E-state index contributed by atoms with van der Waals surface area (Å²) in [7, 11) is 3.73. The molecule has 0 spiro atoms. The zero-order chi connectivity index (χ0) is 18.6. The predicted molar refractivity (Wildman–Crippen MR) is 91.7 cm³/mol. The third kappa shape index (κ3) is 5.20. The molecule has 0 aliphatic heterocycles. The van der Waals surface area contributed by atoms with Crippen LogP contribution in [0.25, 0.3) is 0 Å². The third-order valence-corrected chi connectivity index (χ3v) is 3.79. The molecule has 7 heteroatoms. The molecule has 1 N–H and O–H groups in total. The fourth-order valence-corrected chi connectivity index (χ4v) is 2.33. The summed E-state index contributed by atoms with van der Waals surface area (Å²) < 4.78 is 37.7. The van der Waals surface area contributed by atoms with E-state index >= 15 is 0 Å². The summed E-state index contributed by atoms with van der Waals surface area (Å²) in [5.41, 5.74) is 0.569. The van der Waals surface area contributed by atoms with Crippen LogP contribution in [-0.4, -0.2) is 25.0 Å². The molecule has 1 unspecified atom stereocenters. The Morgan fingerprint density at radius 3 is 2.28 bits per heavy atom. The second-order valence-corrected chi connectivity index (χ2v) is 6.07. The summed E-state index contributed by atoms with van der Waals surface area (Å²) >= 11 is 0. The number of benzene rings is 1. The molecule has 0 bridgehead atoms. The molecule has 1 atom stereocenters. The Hall–Kier alpha value is -2.57. The molecule has 1 aromatic carbocycles. The molecule has 1 aromatic heterocycles. The van der Waals surface area contributed by atoms with Gasteiger partial charge < -0.3 is 10.2 Å². The number of nitrogens with one attached hydrogen (secondary N) is 1. The normalized spacial score (nSPS) is 12.6. The van der Waals surface area contributed by atoms with Crippen LogP contribution in [0.2, 0.25) is 0 Å². The Labute approximate surface area is 144 Å². The van der Waals surface area contributed by atoms with Gasteiger partial charge in [-0.3, -0.25) is 4.79 Å². The molecule has 0 radical (unpaired) electrons. The van der Waals surface area contributed by atoms with Crippen molar-refractivity contribution < 1.29 is 18.0 Å². The van der Waals surface area contributed by atoms with Gasteiger partial charge in [0, 0.05) is 20.5 Å². The van der Waals surface area contributed by atoms with Crippen LogP contribution in [0.3, 0.4) is 0 Å². The van der Waals surface area contributed by atoms with Crippen molar-refractivity contribution in [2.75, 3.05) is 24.3 Å². The Kier molecular flexibility index (Phi) is 5.66. The van der Waals surface area contributed by atoms with Gasteiger partial charge in [0.1, 0.15) is 5.82 Å². The van der Waals surface area contributed by atoms with E-state index in [4.69, 9.17) is 0 Å². The van der Waals surface area contributed by atoms with Gasteiger partial charge in [0.2, 0.25) is 5.91 Å². The fraction of sp³-hybridized carbons (Fsp3) is 0.333. The molecular weight excluding hydrogens is 331 g/mol. The van der Waals surface area contributed by atoms with Gasteiger partial charge in [-0.05, 0) is 35.7 Å². The summed E-state index contributed by atoms with van der Waals surface area (Å²) in [6, 6.07) is 8.43. The van der Waals surface area contributed by atoms with Gasteiger partial charge in [-0.2, -0.15) is 13.2 Å². The Morgan fingerprint density at radius 2 is 1.80 bits per heavy atom. The number of rotatable bonds is 5. The molecular formula is C18H20F3N3O. The summed E-state index contributed by atoms with van der Waals surface area (Å²) in [6.07, 6.45) is -2.62. The first-order chi connectivity index (χ1) is 11.7. The second kappa shape index (κ2) is 7.55. The number of carbonyl (C=O) groups excluding carboxylic acids is 1. The zero-order valence-electron chi connectivity index (χ0n) is 14.3. The monoisotopic (exact) mass is 351 g/mol. The fourth-order valence-electron chi connectivity index (χ4n) is 2.33. The summed E-state index contributed by atoms with van der Waals surface area (Å²) in [5, 5.41) is 2.74. The minimum atomic E-state index is -4.36. The van der Waals surface area contributed by atoms with Gasteiger partial charge in [-0.1, -0.05) is 19.1 Å². The molecule has 134 valence electrons. The van der Waals surface area contributed by atoms with Gasteiger partial charge >= 0.3 is 6.18 Å². The summed E-state index contributed by atoms with van der Waals surface area (Å²) in [4.78, 5) is 18.2. The summed E-state index contributed by atoms with van der Waals surface area (Å²) in [5.74, 6) is 0.360. The van der Waals surface area contributed by atoms with Crippen molar-refractivity contribution in [3.63, 3.8) is 0 Å². The standard InChI is InChI=1S/C18H20F3N3O/c1-12(13-4-6-14(7-5-13)18(19,20)21)10-17(25)23-15-8-9-16(22-11-15)24(2)3/h4-9,11-12H,10H2,1-3H3,(H,23,25). The quantitative estimate of drug-likeness (QED) is 0.874. The number of anilines is 2. The maximum absolute atomic E-state index is 12.6. The van der Waals surface area contributed by atoms with Crippen LogP contribution in [0.15, 0.2) is 42.6 Å².